The fourth-order valence-electron chi connectivity index (χ4n) is 0. The number of halogens is 4. The zero-order valence-electron chi connectivity index (χ0n) is 4.74. The van der Waals surface area contributed by atoms with Crippen LogP contribution in [0.3, 0.4) is 0 Å². The molecule has 0 aliphatic carbocycles. The van der Waals surface area contributed by atoms with E-state index in [2.05, 4.69) is 15.9 Å². The zero-order chi connectivity index (χ0) is 8.57. The zero-order valence-corrected chi connectivity index (χ0v) is 8.60. The van der Waals surface area contributed by atoms with Gasteiger partial charge in [0.1, 0.15) is 0 Å². The number of carbonyl (C=O) groups is 2. The molecule has 0 radical (unpaired) electrons. The Bertz CT molecular complexity index is 103. The Morgan fingerprint density at radius 3 is 1.40 bits per heavy atom. The van der Waals surface area contributed by atoms with Crippen LogP contribution in [0.5, 0.6) is 0 Å². The van der Waals surface area contributed by atoms with Gasteiger partial charge in [0.2, 0.25) is 10.5 Å². The van der Waals surface area contributed by atoms with E-state index in [0.29, 0.717) is 0 Å². The van der Waals surface area contributed by atoms with Crippen LogP contribution in [0.4, 0.5) is 0 Å². The second-order valence-electron chi connectivity index (χ2n) is 0.978. The van der Waals surface area contributed by atoms with Gasteiger partial charge in [-0.05, 0) is 23.2 Å². The molecule has 0 aromatic carbocycles. The maximum absolute atomic E-state index is 9.53. The molecule has 0 aliphatic rings. The fourth-order valence-corrected chi connectivity index (χ4v) is 0. The van der Waals surface area contributed by atoms with E-state index in [1.807, 2.05) is 0 Å². The van der Waals surface area contributed by atoms with Crippen LogP contribution in [-0.4, -0.2) is 21.7 Å². The molecule has 60 valence electrons. The highest BCUT2D eigenvalue weighted by molar-refractivity contribution is 9.09. The van der Waals surface area contributed by atoms with Gasteiger partial charge in [0.15, 0.2) is 0 Å². The molecule has 10 heavy (non-hydrogen) atoms. The lowest BCUT2D eigenvalue weighted by Gasteiger charge is -1.66. The Labute approximate surface area is 81.9 Å². The summed E-state index contributed by atoms with van der Waals surface area (Å²) in [5.41, 5.74) is 0. The Morgan fingerprint density at radius 1 is 1.20 bits per heavy atom. The van der Waals surface area contributed by atoms with Gasteiger partial charge in [-0.3, -0.25) is 9.59 Å². The van der Waals surface area contributed by atoms with Crippen LogP contribution in [-0.2, 0) is 9.59 Å². The average molecular weight is 270 g/mol. The van der Waals surface area contributed by atoms with Gasteiger partial charge in [-0.15, -0.1) is 11.6 Å². The van der Waals surface area contributed by atoms with Crippen LogP contribution in [0.2, 0.25) is 0 Å². The lowest BCUT2D eigenvalue weighted by molar-refractivity contribution is -0.110. The first-order valence-corrected chi connectivity index (χ1v) is 4.44. The topological polar surface area (TPSA) is 34.1 Å². The van der Waals surface area contributed by atoms with E-state index >= 15 is 0 Å². The summed E-state index contributed by atoms with van der Waals surface area (Å²) in [5.74, 6) is -0.0957. The number of hydrogen-bond donors (Lipinski definition) is 0. The van der Waals surface area contributed by atoms with Crippen LogP contribution >= 0.6 is 50.7 Å². The Morgan fingerprint density at radius 2 is 1.40 bits per heavy atom. The molecule has 0 fully saturated rings. The van der Waals surface area contributed by atoms with Gasteiger partial charge in [0.05, 0.1) is 11.2 Å². The molecule has 0 aromatic rings. The smallest absolute Gasteiger partial charge is 0.236 e. The summed E-state index contributed by atoms with van der Waals surface area (Å²) < 4.78 is 0. The lowest BCUT2D eigenvalue weighted by Crippen LogP contribution is -1.81. The largest absolute Gasteiger partial charge is 0.280 e. The molecule has 0 bridgehead atoms. The Hall–Kier alpha value is 0.690. The third-order valence-corrected chi connectivity index (χ3v) is 1.69. The van der Waals surface area contributed by atoms with E-state index in [-0.39, 0.29) is 16.5 Å². The molecular formula is C4H4BrCl3O2. The van der Waals surface area contributed by atoms with Gasteiger partial charge < -0.3 is 0 Å². The van der Waals surface area contributed by atoms with Crippen molar-refractivity contribution >= 4 is 61.2 Å². The minimum atomic E-state index is -0.508. The van der Waals surface area contributed by atoms with Crippen LogP contribution < -0.4 is 0 Å². The minimum Gasteiger partial charge on any atom is -0.280 e. The van der Waals surface area contributed by atoms with Gasteiger partial charge in [0.25, 0.3) is 0 Å². The molecule has 0 saturated heterocycles. The van der Waals surface area contributed by atoms with Gasteiger partial charge >= 0.3 is 0 Å². The van der Waals surface area contributed by atoms with Crippen molar-refractivity contribution in [3.63, 3.8) is 0 Å². The number of hydrogen-bond acceptors (Lipinski definition) is 2. The fraction of sp³-hybridized carbons (Fsp3) is 0.500. The van der Waals surface area contributed by atoms with E-state index in [1.165, 1.54) is 0 Å². The summed E-state index contributed by atoms with van der Waals surface area (Å²) in [6, 6.07) is 0. The highest BCUT2D eigenvalue weighted by Gasteiger charge is 1.83. The molecule has 0 saturated carbocycles. The van der Waals surface area contributed by atoms with E-state index < -0.39 is 5.24 Å². The van der Waals surface area contributed by atoms with Crippen LogP contribution in [0.25, 0.3) is 0 Å². The number of rotatable bonds is 2. The average Bonchev–Trinajstić information content (AvgIpc) is 1.89. The van der Waals surface area contributed by atoms with Crippen molar-refractivity contribution in [2.45, 2.75) is 0 Å². The summed E-state index contributed by atoms with van der Waals surface area (Å²) in [4.78, 5) is 19.0. The quantitative estimate of drug-likeness (QED) is 0.569. The van der Waals surface area contributed by atoms with E-state index in [4.69, 9.17) is 34.8 Å². The van der Waals surface area contributed by atoms with Crippen LogP contribution in [0, 0.1) is 0 Å². The second-order valence-corrected chi connectivity index (χ2v) is 2.65. The SMILES string of the molecule is O=C(Cl)CBr.O=C(Cl)CCl. The third kappa shape index (κ3) is 23.4. The Balaban J connectivity index is 0. The minimum absolute atomic E-state index is 0.0957. The highest BCUT2D eigenvalue weighted by atomic mass is 79.9. The molecule has 0 unspecified atom stereocenters. The standard InChI is InChI=1S/C2H2BrClO.C2H2Cl2O/c2*3-1-2(4)5/h2*1H2. The molecule has 6 heteroatoms. The monoisotopic (exact) mass is 268 g/mol. The summed E-state index contributed by atoms with van der Waals surface area (Å²) >= 11 is 17.2. The van der Waals surface area contributed by atoms with Crippen molar-refractivity contribution in [1.82, 2.24) is 0 Å². The Kier molecular flexibility index (Phi) is 12.9. The molecule has 0 heterocycles. The molecule has 0 amide bonds. The summed E-state index contributed by atoms with van der Waals surface area (Å²) in [5, 5.41) is -0.620. The van der Waals surface area contributed by atoms with Crippen LogP contribution in [0.1, 0.15) is 0 Å². The second kappa shape index (κ2) is 9.69. The summed E-state index contributed by atoms with van der Waals surface area (Å²) in [7, 11) is 0. The van der Waals surface area contributed by atoms with Gasteiger partial charge in [0, 0.05) is 0 Å². The van der Waals surface area contributed by atoms with E-state index in [9.17, 15) is 9.59 Å². The molecule has 0 rings (SSSR count). The highest BCUT2D eigenvalue weighted by Crippen LogP contribution is 1.83. The maximum atomic E-state index is 9.53. The first-order valence-electron chi connectivity index (χ1n) is 2.03. The number of carbonyl (C=O) groups excluding carboxylic acids is 2. The van der Waals surface area contributed by atoms with Gasteiger partial charge in [-0.25, -0.2) is 0 Å². The van der Waals surface area contributed by atoms with Crippen molar-refractivity contribution in [2.24, 2.45) is 0 Å². The van der Waals surface area contributed by atoms with Crippen molar-refractivity contribution < 1.29 is 9.59 Å². The van der Waals surface area contributed by atoms with Crippen molar-refractivity contribution in [1.29, 1.82) is 0 Å². The molecular weight excluding hydrogens is 266 g/mol. The summed E-state index contributed by atoms with van der Waals surface area (Å²) in [6.07, 6.45) is 0. The lowest BCUT2D eigenvalue weighted by atomic mass is 10.9. The van der Waals surface area contributed by atoms with Crippen molar-refractivity contribution in [3.8, 4) is 0 Å². The first kappa shape index (κ1) is 13.3. The molecule has 0 N–H and O–H groups in total. The van der Waals surface area contributed by atoms with E-state index in [1.54, 1.807) is 0 Å². The normalized spacial score (nSPS) is 7.60. The molecule has 0 aliphatic heterocycles. The van der Waals surface area contributed by atoms with Gasteiger partial charge in [-0.2, -0.15) is 0 Å². The number of alkyl halides is 2. The summed E-state index contributed by atoms with van der Waals surface area (Å²) in [6.45, 7) is 0. The van der Waals surface area contributed by atoms with Crippen molar-refractivity contribution in [2.75, 3.05) is 11.2 Å². The first-order chi connectivity index (χ1) is 4.54. The van der Waals surface area contributed by atoms with Gasteiger partial charge in [-0.1, -0.05) is 15.9 Å². The molecule has 0 spiro atoms. The molecule has 0 aromatic heterocycles. The predicted octanol–water partition coefficient (Wildman–Crippen LogP) is 2.14. The predicted molar refractivity (Wildman–Crippen MR) is 46.2 cm³/mol. The van der Waals surface area contributed by atoms with Crippen LogP contribution in [0.15, 0.2) is 0 Å². The maximum Gasteiger partial charge on any atom is 0.236 e. The molecule has 2 nitrogen and oxygen atoms in total. The third-order valence-electron chi connectivity index (χ3n) is 0.210. The molecule has 0 atom stereocenters. The van der Waals surface area contributed by atoms with Crippen molar-refractivity contribution in [3.05, 3.63) is 0 Å². The van der Waals surface area contributed by atoms with E-state index in [0.717, 1.165) is 0 Å².